The van der Waals surface area contributed by atoms with Crippen LogP contribution in [0.25, 0.3) is 10.9 Å². The first-order valence-corrected chi connectivity index (χ1v) is 7.81. The highest BCUT2D eigenvalue weighted by molar-refractivity contribution is 5.88. The first-order valence-electron chi connectivity index (χ1n) is 7.81. The Bertz CT molecular complexity index is 982. The smallest absolute Gasteiger partial charge is 0.274 e. The van der Waals surface area contributed by atoms with E-state index in [4.69, 9.17) is 10.00 Å². The van der Waals surface area contributed by atoms with Gasteiger partial charge in [-0.25, -0.2) is 0 Å². The van der Waals surface area contributed by atoms with Crippen LogP contribution < -0.4 is 4.74 Å². The first-order chi connectivity index (χ1) is 12.0. The van der Waals surface area contributed by atoms with Crippen molar-refractivity contribution in [2.45, 2.75) is 19.9 Å². The summed E-state index contributed by atoms with van der Waals surface area (Å²) in [5, 5.41) is 21.1. The number of hydrogen-bond acceptors (Lipinski definition) is 4. The number of nitro benzene ring substituents is 1. The molecule has 0 amide bonds. The summed E-state index contributed by atoms with van der Waals surface area (Å²) in [5.74, 6) is 0.796. The van der Waals surface area contributed by atoms with Crippen molar-refractivity contribution in [1.82, 2.24) is 4.57 Å². The molecule has 0 bridgehead atoms. The third kappa shape index (κ3) is 3.04. The Morgan fingerprint density at radius 3 is 2.56 bits per heavy atom. The molecule has 6 heteroatoms. The Morgan fingerprint density at radius 1 is 1.24 bits per heavy atom. The van der Waals surface area contributed by atoms with Crippen LogP contribution in [-0.4, -0.2) is 16.6 Å². The second-order valence-corrected chi connectivity index (χ2v) is 5.81. The number of ether oxygens (including phenoxy) is 1. The van der Waals surface area contributed by atoms with Gasteiger partial charge in [0.05, 0.1) is 30.1 Å². The molecule has 0 atom stereocenters. The standard InChI is InChI=1S/C19H17N3O3/c1-13-11-17-16(9-10-20)19(22(23)24)8-7-18(17)21(13)12-14-3-5-15(25-2)6-4-14/h3-8,11H,9,12H2,1-2H3. The van der Waals surface area contributed by atoms with Gasteiger partial charge in [-0.15, -0.1) is 0 Å². The van der Waals surface area contributed by atoms with E-state index in [1.54, 1.807) is 13.2 Å². The second-order valence-electron chi connectivity index (χ2n) is 5.81. The Hall–Kier alpha value is -3.33. The molecule has 25 heavy (non-hydrogen) atoms. The van der Waals surface area contributed by atoms with Gasteiger partial charge in [0, 0.05) is 29.2 Å². The molecule has 0 unspecified atom stereocenters. The Morgan fingerprint density at radius 2 is 1.96 bits per heavy atom. The molecule has 126 valence electrons. The summed E-state index contributed by atoms with van der Waals surface area (Å²) in [7, 11) is 1.63. The maximum Gasteiger partial charge on any atom is 0.274 e. The molecule has 3 rings (SSSR count). The number of aryl methyl sites for hydroxylation is 1. The largest absolute Gasteiger partial charge is 0.497 e. The van der Waals surface area contributed by atoms with Gasteiger partial charge in [-0.1, -0.05) is 12.1 Å². The topological polar surface area (TPSA) is 81.1 Å². The minimum absolute atomic E-state index is 0.00403. The molecule has 2 aromatic carbocycles. The zero-order valence-corrected chi connectivity index (χ0v) is 14.0. The van der Waals surface area contributed by atoms with Crippen molar-refractivity contribution in [2.75, 3.05) is 7.11 Å². The molecular formula is C19H17N3O3. The van der Waals surface area contributed by atoms with Crippen LogP contribution in [0.1, 0.15) is 16.8 Å². The summed E-state index contributed by atoms with van der Waals surface area (Å²) in [6.45, 7) is 2.61. The van der Waals surface area contributed by atoms with E-state index in [0.717, 1.165) is 27.9 Å². The molecule has 0 saturated heterocycles. The van der Waals surface area contributed by atoms with Crippen LogP contribution >= 0.6 is 0 Å². The number of rotatable bonds is 5. The van der Waals surface area contributed by atoms with Crippen LogP contribution in [-0.2, 0) is 13.0 Å². The third-order valence-electron chi connectivity index (χ3n) is 4.33. The highest BCUT2D eigenvalue weighted by atomic mass is 16.6. The van der Waals surface area contributed by atoms with Crippen LogP contribution in [0.5, 0.6) is 5.75 Å². The average molecular weight is 335 g/mol. The fraction of sp³-hybridized carbons (Fsp3) is 0.211. The maximum atomic E-state index is 11.3. The summed E-state index contributed by atoms with van der Waals surface area (Å²) in [4.78, 5) is 10.8. The summed E-state index contributed by atoms with van der Waals surface area (Å²) >= 11 is 0. The van der Waals surface area contributed by atoms with Gasteiger partial charge < -0.3 is 9.30 Å². The van der Waals surface area contributed by atoms with Crippen molar-refractivity contribution >= 4 is 16.6 Å². The van der Waals surface area contributed by atoms with Gasteiger partial charge in [0.2, 0.25) is 0 Å². The number of nitriles is 1. The molecule has 3 aromatic rings. The third-order valence-corrected chi connectivity index (χ3v) is 4.33. The molecule has 0 radical (unpaired) electrons. The average Bonchev–Trinajstić information content (AvgIpc) is 2.92. The van der Waals surface area contributed by atoms with E-state index in [2.05, 4.69) is 4.57 Å². The second kappa shape index (κ2) is 6.65. The van der Waals surface area contributed by atoms with Crippen LogP contribution in [0.4, 0.5) is 5.69 Å². The number of methoxy groups -OCH3 is 1. The van der Waals surface area contributed by atoms with Gasteiger partial charge in [-0.05, 0) is 36.8 Å². The van der Waals surface area contributed by atoms with Gasteiger partial charge in [-0.2, -0.15) is 5.26 Å². The van der Waals surface area contributed by atoms with Crippen LogP contribution in [0, 0.1) is 28.4 Å². The summed E-state index contributed by atoms with van der Waals surface area (Å²) < 4.78 is 7.27. The lowest BCUT2D eigenvalue weighted by Crippen LogP contribution is -2.02. The van der Waals surface area contributed by atoms with Crippen molar-refractivity contribution in [1.29, 1.82) is 5.26 Å². The Kier molecular flexibility index (Phi) is 4.40. The Labute approximate surface area is 145 Å². The van der Waals surface area contributed by atoms with E-state index in [9.17, 15) is 10.1 Å². The molecule has 0 spiro atoms. The zero-order chi connectivity index (χ0) is 18.0. The van der Waals surface area contributed by atoms with E-state index >= 15 is 0 Å². The minimum Gasteiger partial charge on any atom is -0.497 e. The number of nitrogens with zero attached hydrogens (tertiary/aromatic N) is 3. The number of fused-ring (bicyclic) bond motifs is 1. The van der Waals surface area contributed by atoms with Crippen LogP contribution in [0.3, 0.4) is 0 Å². The van der Waals surface area contributed by atoms with Gasteiger partial charge >= 0.3 is 0 Å². The van der Waals surface area contributed by atoms with Gasteiger partial charge in [0.25, 0.3) is 5.69 Å². The van der Waals surface area contributed by atoms with Crippen LogP contribution in [0.2, 0.25) is 0 Å². The van der Waals surface area contributed by atoms with Gasteiger partial charge in [-0.3, -0.25) is 10.1 Å². The lowest BCUT2D eigenvalue weighted by molar-refractivity contribution is -0.385. The van der Waals surface area contributed by atoms with Crippen molar-refractivity contribution in [3.8, 4) is 11.8 Å². The Balaban J connectivity index is 2.10. The van der Waals surface area contributed by atoms with Crippen LogP contribution in [0.15, 0.2) is 42.5 Å². The van der Waals surface area contributed by atoms with Crippen molar-refractivity contribution < 1.29 is 9.66 Å². The zero-order valence-electron chi connectivity index (χ0n) is 14.0. The number of benzene rings is 2. The highest BCUT2D eigenvalue weighted by Gasteiger charge is 2.19. The number of aromatic nitrogens is 1. The van der Waals surface area contributed by atoms with Gasteiger partial charge in [0.15, 0.2) is 0 Å². The number of hydrogen-bond donors (Lipinski definition) is 0. The summed E-state index contributed by atoms with van der Waals surface area (Å²) in [6, 6.07) is 15.0. The maximum absolute atomic E-state index is 11.3. The molecule has 0 N–H and O–H groups in total. The molecule has 0 aliphatic heterocycles. The quantitative estimate of drug-likeness (QED) is 0.521. The molecular weight excluding hydrogens is 318 g/mol. The lowest BCUT2D eigenvalue weighted by Gasteiger charge is -2.10. The predicted octanol–water partition coefficient (Wildman–Crippen LogP) is 3.98. The lowest BCUT2D eigenvalue weighted by atomic mass is 10.1. The van der Waals surface area contributed by atoms with E-state index in [-0.39, 0.29) is 12.1 Å². The fourth-order valence-electron chi connectivity index (χ4n) is 3.07. The number of nitro groups is 1. The summed E-state index contributed by atoms with van der Waals surface area (Å²) in [6.07, 6.45) is 0.0135. The molecule has 0 saturated carbocycles. The SMILES string of the molecule is COc1ccc(Cn2c(C)cc3c(CC#N)c([N+](=O)[O-])ccc32)cc1. The summed E-state index contributed by atoms with van der Waals surface area (Å²) in [5.41, 5.74) is 3.45. The molecule has 0 aliphatic carbocycles. The minimum atomic E-state index is -0.428. The van der Waals surface area contributed by atoms with E-state index < -0.39 is 4.92 Å². The monoisotopic (exact) mass is 335 g/mol. The van der Waals surface area contributed by atoms with Gasteiger partial charge in [0.1, 0.15) is 5.75 Å². The van der Waals surface area contributed by atoms with Crippen molar-refractivity contribution in [3.05, 3.63) is 69.4 Å². The molecule has 0 aliphatic rings. The van der Waals surface area contributed by atoms with Crippen molar-refractivity contribution in [2.24, 2.45) is 0 Å². The fourth-order valence-corrected chi connectivity index (χ4v) is 3.07. The molecule has 0 fully saturated rings. The normalized spacial score (nSPS) is 10.6. The highest BCUT2D eigenvalue weighted by Crippen LogP contribution is 2.31. The first kappa shape index (κ1) is 16.5. The molecule has 6 nitrogen and oxygen atoms in total. The van der Waals surface area contributed by atoms with E-state index in [1.807, 2.05) is 43.3 Å². The molecule has 1 heterocycles. The van der Waals surface area contributed by atoms with E-state index in [0.29, 0.717) is 12.1 Å². The predicted molar refractivity (Wildman–Crippen MR) is 94.7 cm³/mol. The van der Waals surface area contributed by atoms with E-state index in [1.165, 1.54) is 6.07 Å². The van der Waals surface area contributed by atoms with Crippen molar-refractivity contribution in [3.63, 3.8) is 0 Å². The molecule has 1 aromatic heterocycles.